The number of anilines is 1. The highest BCUT2D eigenvalue weighted by molar-refractivity contribution is 6.31. The van der Waals surface area contributed by atoms with Crippen molar-refractivity contribution in [3.8, 4) is 17.8 Å². The fourth-order valence-corrected chi connectivity index (χ4v) is 1.56. The van der Waals surface area contributed by atoms with E-state index in [9.17, 15) is 0 Å². The summed E-state index contributed by atoms with van der Waals surface area (Å²) in [4.78, 5) is 11.8. The Morgan fingerprint density at radius 2 is 1.95 bits per heavy atom. The highest BCUT2D eigenvalue weighted by atomic mass is 35.5. The Bertz CT molecular complexity index is 607. The van der Waals surface area contributed by atoms with Gasteiger partial charge in [-0.3, -0.25) is 0 Å². The largest absolute Gasteiger partial charge is 0.463 e. The molecular weight excluding hydrogens is 280 g/mol. The molecule has 0 aliphatic rings. The molecule has 0 fully saturated rings. The second kappa shape index (κ2) is 6.38. The lowest BCUT2D eigenvalue weighted by Crippen LogP contribution is -2.05. The molecule has 106 valence electrons. The van der Waals surface area contributed by atoms with Gasteiger partial charge in [0, 0.05) is 5.02 Å². The Kier molecular flexibility index (Phi) is 4.57. The number of nitrogens with zero attached hydrogens (tertiary/aromatic N) is 3. The number of aryl methyl sites for hydroxylation is 1. The number of nitrogens with two attached hydrogens (primary N) is 1. The minimum Gasteiger partial charge on any atom is -0.463 e. The van der Waals surface area contributed by atoms with Gasteiger partial charge in [0.25, 0.3) is 0 Å². The van der Waals surface area contributed by atoms with E-state index in [0.717, 1.165) is 12.0 Å². The molecular formula is C13H15ClN4O2. The summed E-state index contributed by atoms with van der Waals surface area (Å²) in [5, 5.41) is 0.666. The summed E-state index contributed by atoms with van der Waals surface area (Å²) < 4.78 is 10.8. The summed E-state index contributed by atoms with van der Waals surface area (Å²) in [5.74, 6) is 0.616. The standard InChI is InChI=1S/C13H15ClN4O2/c1-3-6-19-12-16-11(15)17-13(18-12)20-9-4-5-10(14)8(2)7-9/h4-5,7H,3,6H2,1-2H3,(H2,15,16,17,18). The Morgan fingerprint density at radius 1 is 1.20 bits per heavy atom. The van der Waals surface area contributed by atoms with E-state index in [1.54, 1.807) is 18.2 Å². The van der Waals surface area contributed by atoms with Gasteiger partial charge in [-0.2, -0.15) is 9.97 Å². The third-order valence-corrected chi connectivity index (χ3v) is 2.81. The SMILES string of the molecule is CCCOc1nc(N)nc(Oc2ccc(Cl)c(C)c2)n1. The quantitative estimate of drug-likeness (QED) is 0.912. The Morgan fingerprint density at radius 3 is 2.65 bits per heavy atom. The van der Waals surface area contributed by atoms with Crippen LogP contribution in [0.3, 0.4) is 0 Å². The number of nitrogen functional groups attached to an aromatic ring is 1. The van der Waals surface area contributed by atoms with Crippen LogP contribution in [0.5, 0.6) is 17.8 Å². The van der Waals surface area contributed by atoms with Crippen molar-refractivity contribution in [3.63, 3.8) is 0 Å². The Balaban J connectivity index is 2.19. The number of aromatic nitrogens is 3. The predicted octanol–water partition coefficient (Wildman–Crippen LogP) is 3.00. The van der Waals surface area contributed by atoms with E-state index in [1.165, 1.54) is 0 Å². The van der Waals surface area contributed by atoms with Gasteiger partial charge in [0.05, 0.1) is 6.61 Å². The lowest BCUT2D eigenvalue weighted by atomic mass is 10.2. The highest BCUT2D eigenvalue weighted by Gasteiger charge is 2.08. The topological polar surface area (TPSA) is 83.2 Å². The molecule has 0 aliphatic heterocycles. The van der Waals surface area contributed by atoms with E-state index >= 15 is 0 Å². The van der Waals surface area contributed by atoms with E-state index < -0.39 is 0 Å². The molecule has 0 spiro atoms. The van der Waals surface area contributed by atoms with Gasteiger partial charge < -0.3 is 15.2 Å². The average Bonchev–Trinajstić information content (AvgIpc) is 2.40. The zero-order valence-corrected chi connectivity index (χ0v) is 12.0. The monoisotopic (exact) mass is 294 g/mol. The molecule has 1 heterocycles. The number of halogens is 1. The van der Waals surface area contributed by atoms with Crippen LogP contribution in [0.15, 0.2) is 18.2 Å². The number of ether oxygens (including phenoxy) is 2. The third kappa shape index (κ3) is 3.71. The van der Waals surface area contributed by atoms with E-state index in [4.69, 9.17) is 26.8 Å². The molecule has 0 unspecified atom stereocenters. The molecule has 0 bridgehead atoms. The Hall–Kier alpha value is -2.08. The number of hydrogen-bond donors (Lipinski definition) is 1. The maximum Gasteiger partial charge on any atom is 0.330 e. The number of hydrogen-bond acceptors (Lipinski definition) is 6. The fourth-order valence-electron chi connectivity index (χ4n) is 1.44. The van der Waals surface area contributed by atoms with Crippen molar-refractivity contribution in [2.24, 2.45) is 0 Å². The van der Waals surface area contributed by atoms with Gasteiger partial charge in [-0.1, -0.05) is 18.5 Å². The molecule has 7 heteroatoms. The van der Waals surface area contributed by atoms with Crippen LogP contribution in [0, 0.1) is 6.92 Å². The van der Waals surface area contributed by atoms with Gasteiger partial charge in [0.15, 0.2) is 0 Å². The average molecular weight is 295 g/mol. The molecule has 0 saturated heterocycles. The second-order valence-corrected chi connectivity index (χ2v) is 4.53. The molecule has 6 nitrogen and oxygen atoms in total. The van der Waals surface area contributed by atoms with Crippen LogP contribution in [-0.4, -0.2) is 21.6 Å². The summed E-state index contributed by atoms with van der Waals surface area (Å²) in [6, 6.07) is 5.49. The van der Waals surface area contributed by atoms with Crippen LogP contribution in [0.1, 0.15) is 18.9 Å². The van der Waals surface area contributed by atoms with Gasteiger partial charge in [-0.05, 0) is 37.1 Å². The van der Waals surface area contributed by atoms with Crippen molar-refractivity contribution in [1.82, 2.24) is 15.0 Å². The minimum atomic E-state index is 0.0480. The first-order valence-corrected chi connectivity index (χ1v) is 6.54. The molecule has 0 aliphatic carbocycles. The first-order chi connectivity index (χ1) is 9.58. The third-order valence-electron chi connectivity index (χ3n) is 2.39. The number of benzene rings is 1. The molecule has 0 atom stereocenters. The minimum absolute atomic E-state index is 0.0480. The lowest BCUT2D eigenvalue weighted by Gasteiger charge is -2.07. The van der Waals surface area contributed by atoms with Crippen LogP contribution in [-0.2, 0) is 0 Å². The van der Waals surface area contributed by atoms with Crippen LogP contribution in [0.2, 0.25) is 5.02 Å². The van der Waals surface area contributed by atoms with Crippen molar-refractivity contribution in [1.29, 1.82) is 0 Å². The van der Waals surface area contributed by atoms with E-state index in [0.29, 0.717) is 17.4 Å². The van der Waals surface area contributed by atoms with E-state index in [-0.39, 0.29) is 18.0 Å². The maximum absolute atomic E-state index is 5.95. The van der Waals surface area contributed by atoms with E-state index in [2.05, 4.69) is 15.0 Å². The van der Waals surface area contributed by atoms with Gasteiger partial charge in [0.2, 0.25) is 5.95 Å². The van der Waals surface area contributed by atoms with Crippen LogP contribution in [0.4, 0.5) is 5.95 Å². The maximum atomic E-state index is 5.95. The van der Waals surface area contributed by atoms with E-state index in [1.807, 2.05) is 13.8 Å². The molecule has 0 amide bonds. The molecule has 1 aromatic heterocycles. The summed E-state index contributed by atoms with van der Waals surface area (Å²) in [6.07, 6.45) is 0.845. The van der Waals surface area contributed by atoms with Crippen molar-refractivity contribution >= 4 is 17.5 Å². The summed E-state index contributed by atoms with van der Waals surface area (Å²) in [7, 11) is 0. The molecule has 2 aromatic rings. The molecule has 2 rings (SSSR count). The zero-order valence-electron chi connectivity index (χ0n) is 11.3. The van der Waals surface area contributed by atoms with Crippen molar-refractivity contribution in [2.75, 3.05) is 12.3 Å². The summed E-state index contributed by atoms with van der Waals surface area (Å²) in [6.45, 7) is 4.37. The smallest absolute Gasteiger partial charge is 0.330 e. The molecule has 0 saturated carbocycles. The fraction of sp³-hybridized carbons (Fsp3) is 0.308. The van der Waals surface area contributed by atoms with Gasteiger partial charge >= 0.3 is 12.0 Å². The van der Waals surface area contributed by atoms with Gasteiger partial charge in [-0.25, -0.2) is 0 Å². The van der Waals surface area contributed by atoms with Gasteiger partial charge in [0.1, 0.15) is 5.75 Å². The first kappa shape index (κ1) is 14.3. The summed E-state index contributed by atoms with van der Waals surface area (Å²) in [5.41, 5.74) is 6.49. The lowest BCUT2D eigenvalue weighted by molar-refractivity contribution is 0.285. The number of rotatable bonds is 5. The van der Waals surface area contributed by atoms with Crippen LogP contribution in [0.25, 0.3) is 0 Å². The Labute approximate surface area is 121 Å². The molecule has 2 N–H and O–H groups in total. The second-order valence-electron chi connectivity index (χ2n) is 4.12. The molecule has 1 aromatic carbocycles. The summed E-state index contributed by atoms with van der Waals surface area (Å²) >= 11 is 5.95. The van der Waals surface area contributed by atoms with Gasteiger partial charge in [-0.15, -0.1) is 4.98 Å². The van der Waals surface area contributed by atoms with Crippen LogP contribution >= 0.6 is 11.6 Å². The highest BCUT2D eigenvalue weighted by Crippen LogP contribution is 2.24. The van der Waals surface area contributed by atoms with Crippen molar-refractivity contribution in [3.05, 3.63) is 28.8 Å². The van der Waals surface area contributed by atoms with Crippen molar-refractivity contribution in [2.45, 2.75) is 20.3 Å². The first-order valence-electron chi connectivity index (χ1n) is 6.17. The predicted molar refractivity (Wildman–Crippen MR) is 76.3 cm³/mol. The van der Waals surface area contributed by atoms with Crippen LogP contribution < -0.4 is 15.2 Å². The molecule has 0 radical (unpaired) electrons. The molecule has 20 heavy (non-hydrogen) atoms. The normalized spacial score (nSPS) is 10.3. The zero-order chi connectivity index (χ0) is 14.5. The van der Waals surface area contributed by atoms with Crippen molar-refractivity contribution < 1.29 is 9.47 Å².